The van der Waals surface area contributed by atoms with Gasteiger partial charge in [0.2, 0.25) is 0 Å². The molecule has 0 aromatic carbocycles. The van der Waals surface area contributed by atoms with Crippen molar-refractivity contribution < 1.29 is 4.74 Å². The molecular formula is C12H27NO. The second-order valence-corrected chi connectivity index (χ2v) is 5.11. The van der Waals surface area contributed by atoms with Crippen LogP contribution in [0.2, 0.25) is 0 Å². The predicted molar refractivity (Wildman–Crippen MR) is 62.1 cm³/mol. The predicted octanol–water partition coefficient (Wildman–Crippen LogP) is 3.16. The Labute approximate surface area is 89.2 Å². The lowest BCUT2D eigenvalue weighted by molar-refractivity contribution is -0.0679. The van der Waals surface area contributed by atoms with E-state index in [0.717, 1.165) is 25.9 Å². The third-order valence-electron chi connectivity index (χ3n) is 2.10. The molecule has 0 radical (unpaired) electrons. The molecule has 0 aliphatic heterocycles. The number of hydrogen-bond donors (Lipinski definition) is 1. The van der Waals surface area contributed by atoms with Crippen LogP contribution >= 0.6 is 0 Å². The molecule has 0 atom stereocenters. The molecule has 2 nitrogen and oxygen atoms in total. The molecule has 0 aromatic rings. The van der Waals surface area contributed by atoms with E-state index in [-0.39, 0.29) is 0 Å². The maximum atomic E-state index is 6.26. The minimum Gasteiger partial charge on any atom is -0.361 e. The maximum Gasteiger partial charge on any atom is 0.117 e. The highest BCUT2D eigenvalue weighted by Gasteiger charge is 2.27. The minimum absolute atomic E-state index is 0.404. The van der Waals surface area contributed by atoms with Gasteiger partial charge in [-0.2, -0.15) is 0 Å². The molecular weight excluding hydrogens is 174 g/mol. The zero-order valence-corrected chi connectivity index (χ0v) is 10.5. The van der Waals surface area contributed by atoms with Gasteiger partial charge < -0.3 is 10.5 Å². The lowest BCUT2D eigenvalue weighted by Gasteiger charge is -2.33. The summed E-state index contributed by atoms with van der Waals surface area (Å²) in [5.41, 5.74) is 5.86. The highest BCUT2D eigenvalue weighted by atomic mass is 16.5. The van der Waals surface area contributed by atoms with Crippen molar-refractivity contribution in [1.29, 1.82) is 0 Å². The smallest absolute Gasteiger partial charge is 0.117 e. The van der Waals surface area contributed by atoms with Crippen LogP contribution in [0, 0.1) is 11.8 Å². The van der Waals surface area contributed by atoms with Gasteiger partial charge in [0.05, 0.1) is 0 Å². The zero-order valence-electron chi connectivity index (χ0n) is 10.5. The quantitative estimate of drug-likeness (QED) is 0.642. The van der Waals surface area contributed by atoms with Gasteiger partial charge in [0.15, 0.2) is 0 Å². The Morgan fingerprint density at radius 2 is 1.50 bits per heavy atom. The first-order valence-electron chi connectivity index (χ1n) is 5.82. The molecule has 0 fully saturated rings. The van der Waals surface area contributed by atoms with E-state index in [2.05, 4.69) is 34.6 Å². The molecule has 2 heteroatoms. The largest absolute Gasteiger partial charge is 0.361 e. The summed E-state index contributed by atoms with van der Waals surface area (Å²) >= 11 is 0. The normalized spacial score (nSPS) is 12.9. The Bertz CT molecular complexity index is 133. The van der Waals surface area contributed by atoms with Gasteiger partial charge >= 0.3 is 0 Å². The zero-order chi connectivity index (χ0) is 11.2. The molecule has 14 heavy (non-hydrogen) atoms. The van der Waals surface area contributed by atoms with Crippen molar-refractivity contribution in [1.82, 2.24) is 0 Å². The SMILES string of the molecule is CCCOC(N)(CC(C)C)CC(C)C. The van der Waals surface area contributed by atoms with Crippen LogP contribution in [0.5, 0.6) is 0 Å². The molecule has 0 heterocycles. The van der Waals surface area contributed by atoms with Crippen molar-refractivity contribution in [3.05, 3.63) is 0 Å². The van der Waals surface area contributed by atoms with Gasteiger partial charge in [0.25, 0.3) is 0 Å². The number of ether oxygens (including phenoxy) is 1. The van der Waals surface area contributed by atoms with Gasteiger partial charge in [-0.15, -0.1) is 0 Å². The van der Waals surface area contributed by atoms with Crippen LogP contribution in [-0.4, -0.2) is 12.3 Å². The van der Waals surface area contributed by atoms with Crippen molar-refractivity contribution in [2.75, 3.05) is 6.61 Å². The van der Waals surface area contributed by atoms with Gasteiger partial charge in [0.1, 0.15) is 5.72 Å². The summed E-state index contributed by atoms with van der Waals surface area (Å²) in [6.45, 7) is 11.7. The summed E-state index contributed by atoms with van der Waals surface area (Å²) in [4.78, 5) is 0. The maximum absolute atomic E-state index is 6.26. The third-order valence-corrected chi connectivity index (χ3v) is 2.10. The lowest BCUT2D eigenvalue weighted by Crippen LogP contribution is -2.45. The first kappa shape index (κ1) is 13.9. The molecule has 2 N–H and O–H groups in total. The van der Waals surface area contributed by atoms with Crippen molar-refractivity contribution >= 4 is 0 Å². The fourth-order valence-corrected chi connectivity index (χ4v) is 1.89. The summed E-state index contributed by atoms with van der Waals surface area (Å²) in [5.74, 6) is 1.19. The third kappa shape index (κ3) is 6.39. The lowest BCUT2D eigenvalue weighted by atomic mass is 9.92. The molecule has 0 unspecified atom stereocenters. The molecule has 86 valence electrons. The first-order valence-corrected chi connectivity index (χ1v) is 5.82. The van der Waals surface area contributed by atoms with Crippen molar-refractivity contribution in [2.24, 2.45) is 17.6 Å². The fourth-order valence-electron chi connectivity index (χ4n) is 1.89. The van der Waals surface area contributed by atoms with E-state index in [1.807, 2.05) is 0 Å². The standard InChI is InChI=1S/C12H27NO/c1-6-7-14-12(13,8-10(2)3)9-11(4)5/h10-11H,6-9,13H2,1-5H3. The summed E-state index contributed by atoms with van der Waals surface area (Å²) < 4.78 is 5.78. The average molecular weight is 201 g/mol. The molecule has 0 rings (SSSR count). The summed E-state index contributed by atoms with van der Waals surface area (Å²) in [6.07, 6.45) is 2.94. The second-order valence-electron chi connectivity index (χ2n) is 5.11. The first-order chi connectivity index (χ1) is 6.39. The van der Waals surface area contributed by atoms with E-state index in [9.17, 15) is 0 Å². The van der Waals surface area contributed by atoms with Crippen LogP contribution in [0.4, 0.5) is 0 Å². The molecule has 0 bridgehead atoms. The van der Waals surface area contributed by atoms with Crippen LogP contribution in [-0.2, 0) is 4.74 Å². The number of hydrogen-bond acceptors (Lipinski definition) is 2. The second kappa shape index (κ2) is 6.41. The highest BCUT2D eigenvalue weighted by molar-refractivity contribution is 4.76. The molecule has 0 aromatic heterocycles. The Morgan fingerprint density at radius 3 is 1.79 bits per heavy atom. The van der Waals surface area contributed by atoms with Crippen molar-refractivity contribution in [3.63, 3.8) is 0 Å². The van der Waals surface area contributed by atoms with E-state index in [1.165, 1.54) is 0 Å². The fraction of sp³-hybridized carbons (Fsp3) is 1.00. The van der Waals surface area contributed by atoms with E-state index in [4.69, 9.17) is 10.5 Å². The van der Waals surface area contributed by atoms with Crippen LogP contribution in [0.15, 0.2) is 0 Å². The summed E-state index contributed by atoms with van der Waals surface area (Å²) in [7, 11) is 0. The Morgan fingerprint density at radius 1 is 1.07 bits per heavy atom. The van der Waals surface area contributed by atoms with Crippen LogP contribution in [0.1, 0.15) is 53.9 Å². The van der Waals surface area contributed by atoms with Gasteiger partial charge in [-0.1, -0.05) is 34.6 Å². The Balaban J connectivity index is 4.17. The van der Waals surface area contributed by atoms with E-state index in [0.29, 0.717) is 11.8 Å². The Hall–Kier alpha value is -0.0800. The average Bonchev–Trinajstić information content (AvgIpc) is 1.97. The van der Waals surface area contributed by atoms with Gasteiger partial charge in [-0.3, -0.25) is 0 Å². The summed E-state index contributed by atoms with van der Waals surface area (Å²) in [5, 5.41) is 0. The minimum atomic E-state index is -0.404. The van der Waals surface area contributed by atoms with E-state index >= 15 is 0 Å². The van der Waals surface area contributed by atoms with Gasteiger partial charge in [-0.05, 0) is 31.1 Å². The monoisotopic (exact) mass is 201 g/mol. The van der Waals surface area contributed by atoms with Gasteiger partial charge in [-0.25, -0.2) is 0 Å². The van der Waals surface area contributed by atoms with Crippen LogP contribution in [0.3, 0.4) is 0 Å². The number of rotatable bonds is 7. The van der Waals surface area contributed by atoms with Crippen LogP contribution < -0.4 is 5.73 Å². The Kier molecular flexibility index (Phi) is 6.38. The highest BCUT2D eigenvalue weighted by Crippen LogP contribution is 2.23. The molecule has 0 saturated heterocycles. The van der Waals surface area contributed by atoms with E-state index in [1.54, 1.807) is 0 Å². The molecule has 0 spiro atoms. The summed E-state index contributed by atoms with van der Waals surface area (Å²) in [6, 6.07) is 0. The van der Waals surface area contributed by atoms with Gasteiger partial charge in [0, 0.05) is 6.61 Å². The van der Waals surface area contributed by atoms with Crippen molar-refractivity contribution in [3.8, 4) is 0 Å². The van der Waals surface area contributed by atoms with Crippen LogP contribution in [0.25, 0.3) is 0 Å². The molecule has 0 aliphatic rings. The number of nitrogens with two attached hydrogens (primary N) is 1. The van der Waals surface area contributed by atoms with E-state index < -0.39 is 5.72 Å². The topological polar surface area (TPSA) is 35.2 Å². The molecule has 0 aliphatic carbocycles. The molecule has 0 amide bonds. The van der Waals surface area contributed by atoms with Crippen molar-refractivity contribution in [2.45, 2.75) is 59.6 Å². The molecule has 0 saturated carbocycles.